The van der Waals surface area contributed by atoms with Gasteiger partial charge < -0.3 is 9.88 Å². The monoisotopic (exact) mass is 282 g/mol. The van der Waals surface area contributed by atoms with Gasteiger partial charge in [0.2, 0.25) is 0 Å². The third-order valence-electron chi connectivity index (χ3n) is 2.93. The van der Waals surface area contributed by atoms with E-state index in [0.29, 0.717) is 12.2 Å². The van der Waals surface area contributed by atoms with E-state index in [-0.39, 0.29) is 17.1 Å². The van der Waals surface area contributed by atoms with E-state index < -0.39 is 4.92 Å². The molecule has 0 aliphatic rings. The van der Waals surface area contributed by atoms with E-state index in [0.717, 1.165) is 5.56 Å². The molecule has 2 aromatic rings. The molecular formula is C13H10N6O2. The molecule has 2 rings (SSSR count). The van der Waals surface area contributed by atoms with Crippen molar-refractivity contribution in [2.24, 2.45) is 0 Å². The molecule has 0 bridgehead atoms. The maximum atomic E-state index is 10.9. The minimum atomic E-state index is -0.471. The van der Waals surface area contributed by atoms with E-state index in [2.05, 4.69) is 10.3 Å². The predicted molar refractivity (Wildman–Crippen MR) is 73.4 cm³/mol. The SMILES string of the molecule is CNc1cc(Cn2cnc(C#N)c2C#N)ccc1[N+](=O)[O-]. The first-order chi connectivity index (χ1) is 10.1. The summed E-state index contributed by atoms with van der Waals surface area (Å²) in [6.45, 7) is 0.296. The highest BCUT2D eigenvalue weighted by Gasteiger charge is 2.14. The van der Waals surface area contributed by atoms with Gasteiger partial charge in [-0.3, -0.25) is 10.1 Å². The second-order valence-corrected chi connectivity index (χ2v) is 4.15. The van der Waals surface area contributed by atoms with Crippen LogP contribution in [0.1, 0.15) is 17.0 Å². The van der Waals surface area contributed by atoms with Gasteiger partial charge in [0.25, 0.3) is 5.69 Å². The van der Waals surface area contributed by atoms with Gasteiger partial charge in [0.1, 0.15) is 17.8 Å². The molecule has 0 spiro atoms. The van der Waals surface area contributed by atoms with Crippen LogP contribution >= 0.6 is 0 Å². The molecule has 0 radical (unpaired) electrons. The number of nitrogens with zero attached hydrogens (tertiary/aromatic N) is 5. The molecule has 0 saturated carbocycles. The molecule has 0 fully saturated rings. The van der Waals surface area contributed by atoms with E-state index in [4.69, 9.17) is 10.5 Å². The van der Waals surface area contributed by atoms with Crippen LogP contribution in [0.15, 0.2) is 24.5 Å². The minimum Gasteiger partial charge on any atom is -0.383 e. The summed E-state index contributed by atoms with van der Waals surface area (Å²) in [5, 5.41) is 31.5. The summed E-state index contributed by atoms with van der Waals surface area (Å²) in [7, 11) is 1.60. The molecule has 0 atom stereocenters. The highest BCUT2D eigenvalue weighted by atomic mass is 16.6. The minimum absolute atomic E-state index is 0.0231. The highest BCUT2D eigenvalue weighted by molar-refractivity contribution is 5.62. The molecule has 0 aliphatic heterocycles. The highest BCUT2D eigenvalue weighted by Crippen LogP contribution is 2.25. The van der Waals surface area contributed by atoms with Crippen LogP contribution < -0.4 is 5.32 Å². The van der Waals surface area contributed by atoms with Crippen molar-refractivity contribution in [1.29, 1.82) is 10.5 Å². The molecular weight excluding hydrogens is 272 g/mol. The number of imidazole rings is 1. The molecule has 1 aromatic heterocycles. The Morgan fingerprint density at radius 3 is 2.76 bits per heavy atom. The van der Waals surface area contributed by atoms with Gasteiger partial charge in [-0.25, -0.2) is 4.98 Å². The normalized spacial score (nSPS) is 9.67. The van der Waals surface area contributed by atoms with E-state index in [1.807, 2.05) is 12.1 Å². The Bertz CT molecular complexity index is 781. The number of anilines is 1. The number of nitriles is 2. The zero-order valence-electron chi connectivity index (χ0n) is 11.1. The van der Waals surface area contributed by atoms with Gasteiger partial charge in [-0.1, -0.05) is 6.07 Å². The van der Waals surface area contributed by atoms with Crippen molar-refractivity contribution in [3.8, 4) is 12.1 Å². The summed E-state index contributed by atoms with van der Waals surface area (Å²) in [6.07, 6.45) is 1.40. The maximum absolute atomic E-state index is 10.9. The van der Waals surface area contributed by atoms with Gasteiger partial charge >= 0.3 is 0 Å². The fourth-order valence-corrected chi connectivity index (χ4v) is 1.94. The van der Waals surface area contributed by atoms with Crippen molar-refractivity contribution in [1.82, 2.24) is 9.55 Å². The van der Waals surface area contributed by atoms with Gasteiger partial charge in [0.05, 0.1) is 11.3 Å². The van der Waals surface area contributed by atoms with Crippen molar-refractivity contribution >= 4 is 11.4 Å². The van der Waals surface area contributed by atoms with Crippen LogP contribution in [0.25, 0.3) is 0 Å². The van der Waals surface area contributed by atoms with Crippen LogP contribution in [-0.4, -0.2) is 21.5 Å². The summed E-state index contributed by atoms with van der Waals surface area (Å²) < 4.78 is 1.53. The number of benzene rings is 1. The molecule has 0 unspecified atom stereocenters. The van der Waals surface area contributed by atoms with Crippen molar-refractivity contribution in [3.63, 3.8) is 0 Å². The summed E-state index contributed by atoms with van der Waals surface area (Å²) in [6, 6.07) is 8.40. The first-order valence-corrected chi connectivity index (χ1v) is 5.91. The molecule has 0 saturated heterocycles. The zero-order valence-corrected chi connectivity index (χ0v) is 11.1. The number of nitro benzene ring substituents is 1. The molecule has 8 heteroatoms. The molecule has 8 nitrogen and oxygen atoms in total. The van der Waals surface area contributed by atoms with E-state index in [1.165, 1.54) is 17.0 Å². The first-order valence-electron chi connectivity index (χ1n) is 5.91. The van der Waals surface area contributed by atoms with E-state index >= 15 is 0 Å². The maximum Gasteiger partial charge on any atom is 0.292 e. The summed E-state index contributed by atoms with van der Waals surface area (Å²) in [4.78, 5) is 14.2. The first kappa shape index (κ1) is 14.0. The molecule has 1 aromatic carbocycles. The molecule has 104 valence electrons. The van der Waals surface area contributed by atoms with Crippen molar-refractivity contribution in [3.05, 3.63) is 51.6 Å². The Morgan fingerprint density at radius 2 is 2.19 bits per heavy atom. The molecule has 1 N–H and O–H groups in total. The largest absolute Gasteiger partial charge is 0.383 e. The van der Waals surface area contributed by atoms with Crippen LogP contribution in [0, 0.1) is 32.8 Å². The Hall–Kier alpha value is -3.39. The molecule has 21 heavy (non-hydrogen) atoms. The van der Waals surface area contributed by atoms with Gasteiger partial charge in [-0.2, -0.15) is 10.5 Å². The fraction of sp³-hybridized carbons (Fsp3) is 0.154. The van der Waals surface area contributed by atoms with E-state index in [9.17, 15) is 10.1 Å². The molecule has 0 aliphatic carbocycles. The van der Waals surface area contributed by atoms with Crippen molar-refractivity contribution in [2.75, 3.05) is 12.4 Å². The van der Waals surface area contributed by atoms with Gasteiger partial charge in [-0.15, -0.1) is 0 Å². The van der Waals surface area contributed by atoms with Crippen LogP contribution in [0.5, 0.6) is 0 Å². The Kier molecular flexibility index (Phi) is 3.82. The average molecular weight is 282 g/mol. The second kappa shape index (κ2) is 5.72. The third kappa shape index (κ3) is 2.65. The topological polar surface area (TPSA) is 121 Å². The standard InChI is InChI=1S/C13H10N6O2/c1-16-10-4-9(2-3-12(10)19(20)21)7-18-8-17-11(5-14)13(18)6-15/h2-4,8,16H,7H2,1H3. The fourth-order valence-electron chi connectivity index (χ4n) is 1.94. The average Bonchev–Trinajstić information content (AvgIpc) is 2.88. The van der Waals surface area contributed by atoms with Crippen LogP contribution in [0.2, 0.25) is 0 Å². The Labute approximate surface area is 120 Å². The number of nitro groups is 1. The quantitative estimate of drug-likeness (QED) is 0.671. The number of aromatic nitrogens is 2. The predicted octanol–water partition coefficient (Wildman–Crippen LogP) is 1.62. The summed E-state index contributed by atoms with van der Waals surface area (Å²) >= 11 is 0. The third-order valence-corrected chi connectivity index (χ3v) is 2.93. The van der Waals surface area contributed by atoms with Gasteiger partial charge in [0, 0.05) is 19.7 Å². The van der Waals surface area contributed by atoms with Crippen LogP contribution in [-0.2, 0) is 6.54 Å². The lowest BCUT2D eigenvalue weighted by Crippen LogP contribution is -2.03. The zero-order chi connectivity index (χ0) is 15.4. The number of hydrogen-bond donors (Lipinski definition) is 1. The molecule has 1 heterocycles. The lowest BCUT2D eigenvalue weighted by atomic mass is 10.1. The number of nitrogens with one attached hydrogen (secondary N) is 1. The van der Waals surface area contributed by atoms with Gasteiger partial charge in [-0.05, 0) is 11.6 Å². The smallest absolute Gasteiger partial charge is 0.292 e. The second-order valence-electron chi connectivity index (χ2n) is 4.15. The van der Waals surface area contributed by atoms with Crippen molar-refractivity contribution in [2.45, 2.75) is 6.54 Å². The summed E-state index contributed by atoms with van der Waals surface area (Å²) in [5.74, 6) is 0. The lowest BCUT2D eigenvalue weighted by molar-refractivity contribution is -0.383. The molecule has 0 amide bonds. The Balaban J connectivity index is 2.37. The van der Waals surface area contributed by atoms with Crippen LogP contribution in [0.3, 0.4) is 0 Å². The van der Waals surface area contributed by atoms with Crippen LogP contribution in [0.4, 0.5) is 11.4 Å². The number of rotatable bonds is 4. The summed E-state index contributed by atoms with van der Waals surface area (Å²) in [5.41, 5.74) is 1.35. The van der Waals surface area contributed by atoms with E-state index in [1.54, 1.807) is 19.2 Å². The van der Waals surface area contributed by atoms with Gasteiger partial charge in [0.15, 0.2) is 11.4 Å². The number of hydrogen-bond acceptors (Lipinski definition) is 6. The lowest BCUT2D eigenvalue weighted by Gasteiger charge is -2.07. The Morgan fingerprint density at radius 1 is 1.43 bits per heavy atom. The van der Waals surface area contributed by atoms with Crippen molar-refractivity contribution < 1.29 is 4.92 Å².